The van der Waals surface area contributed by atoms with Crippen LogP contribution in [-0.2, 0) is 26.9 Å². The number of rotatable bonds is 5. The molecule has 0 amide bonds. The third-order valence-corrected chi connectivity index (χ3v) is 5.25. The van der Waals surface area contributed by atoms with Crippen molar-refractivity contribution in [2.45, 2.75) is 10.6 Å². The van der Waals surface area contributed by atoms with Crippen LogP contribution >= 0.6 is 23.2 Å². The second-order valence-corrected chi connectivity index (χ2v) is 7.80. The maximum absolute atomic E-state index is 13.9. The van der Waals surface area contributed by atoms with E-state index in [1.807, 2.05) is 0 Å². The lowest BCUT2D eigenvalue weighted by Crippen LogP contribution is -2.16. The average molecular weight is 397 g/mol. The summed E-state index contributed by atoms with van der Waals surface area (Å²) in [6, 6.07) is 7.56. The zero-order valence-corrected chi connectivity index (χ0v) is 14.4. The minimum absolute atomic E-state index is 0.0546. The van der Waals surface area contributed by atoms with E-state index in [9.17, 15) is 21.6 Å². The van der Waals surface area contributed by atoms with Crippen LogP contribution in [0.25, 0.3) is 0 Å². The summed E-state index contributed by atoms with van der Waals surface area (Å²) in [6.45, 7) is 0. The van der Waals surface area contributed by atoms with Crippen molar-refractivity contribution in [3.8, 4) is 0 Å². The van der Waals surface area contributed by atoms with Crippen molar-refractivity contribution >= 4 is 50.0 Å². The normalized spacial score (nSPS) is 12.9. The highest BCUT2D eigenvalue weighted by atomic mass is 35.5. The minimum Gasteiger partial charge on any atom is -0.772 e. The second-order valence-electron chi connectivity index (χ2n) is 4.41. The van der Waals surface area contributed by atoms with E-state index in [2.05, 4.69) is 4.72 Å². The first-order valence-electron chi connectivity index (χ1n) is 6.02. The molecule has 0 fully saturated rings. The van der Waals surface area contributed by atoms with Gasteiger partial charge in [0.1, 0.15) is 4.90 Å². The van der Waals surface area contributed by atoms with Gasteiger partial charge in [-0.2, -0.15) is 0 Å². The summed E-state index contributed by atoms with van der Waals surface area (Å²) in [4.78, 5) is -0.654. The van der Waals surface area contributed by atoms with E-state index in [1.54, 1.807) is 0 Å². The van der Waals surface area contributed by atoms with E-state index >= 15 is 0 Å². The summed E-state index contributed by atoms with van der Waals surface area (Å²) in [5, 5.41) is -0.158. The van der Waals surface area contributed by atoms with Gasteiger partial charge in [-0.05, 0) is 29.8 Å². The highest BCUT2D eigenvalue weighted by Gasteiger charge is 2.22. The van der Waals surface area contributed by atoms with Crippen LogP contribution in [0.4, 0.5) is 10.1 Å². The fourth-order valence-corrected chi connectivity index (χ4v) is 3.89. The van der Waals surface area contributed by atoms with Crippen molar-refractivity contribution in [2.24, 2.45) is 0 Å². The minimum atomic E-state index is -4.31. The molecule has 1 unspecified atom stereocenters. The molecule has 0 radical (unpaired) electrons. The zero-order chi connectivity index (χ0) is 17.2. The van der Waals surface area contributed by atoms with Crippen LogP contribution in [0.5, 0.6) is 0 Å². The number of anilines is 1. The summed E-state index contributed by atoms with van der Waals surface area (Å²) in [5.41, 5.74) is 0.120. The molecule has 1 N–H and O–H groups in total. The first kappa shape index (κ1) is 18.2. The highest BCUT2D eigenvalue weighted by molar-refractivity contribution is 7.92. The third-order valence-electron chi connectivity index (χ3n) is 2.80. The highest BCUT2D eigenvalue weighted by Crippen LogP contribution is 2.27. The number of sulfonamides is 1. The summed E-state index contributed by atoms with van der Waals surface area (Å²) >= 11 is 8.94. The summed E-state index contributed by atoms with van der Waals surface area (Å²) in [6.07, 6.45) is 0. The Morgan fingerprint density at radius 1 is 1.22 bits per heavy atom. The molecule has 5 nitrogen and oxygen atoms in total. The number of halogens is 3. The van der Waals surface area contributed by atoms with E-state index in [1.165, 1.54) is 30.3 Å². The topological polar surface area (TPSA) is 86.3 Å². The third kappa shape index (κ3) is 4.42. The molecule has 10 heteroatoms. The van der Waals surface area contributed by atoms with Gasteiger partial charge in [0.15, 0.2) is 5.82 Å². The molecule has 124 valence electrons. The molecule has 0 spiro atoms. The Hall–Kier alpha value is -1.19. The lowest BCUT2D eigenvalue weighted by atomic mass is 10.2. The Labute approximate surface area is 144 Å². The van der Waals surface area contributed by atoms with Gasteiger partial charge in [0, 0.05) is 10.8 Å². The molecule has 0 aromatic heterocycles. The predicted octanol–water partition coefficient (Wildman–Crippen LogP) is 3.31. The number of hydrogen-bond acceptors (Lipinski definition) is 4. The van der Waals surface area contributed by atoms with Crippen molar-refractivity contribution in [2.75, 3.05) is 4.72 Å². The van der Waals surface area contributed by atoms with Crippen LogP contribution in [0.15, 0.2) is 41.3 Å². The van der Waals surface area contributed by atoms with Crippen LogP contribution in [0, 0.1) is 5.82 Å². The molecule has 0 aliphatic heterocycles. The van der Waals surface area contributed by atoms with E-state index in [0.717, 1.165) is 6.07 Å². The molecule has 0 aliphatic rings. The number of nitrogens with one attached hydrogen (secondary N) is 1. The molecular formula is C13H9Cl2FNO4S2-. The zero-order valence-electron chi connectivity index (χ0n) is 11.3. The molecule has 2 aromatic rings. The van der Waals surface area contributed by atoms with Gasteiger partial charge in [-0.1, -0.05) is 46.4 Å². The molecule has 0 saturated carbocycles. The second kappa shape index (κ2) is 7.14. The van der Waals surface area contributed by atoms with E-state index in [-0.39, 0.29) is 21.3 Å². The fourth-order valence-electron chi connectivity index (χ4n) is 1.79. The van der Waals surface area contributed by atoms with Crippen LogP contribution in [0.3, 0.4) is 0 Å². The van der Waals surface area contributed by atoms with Gasteiger partial charge >= 0.3 is 0 Å². The quantitative estimate of drug-likeness (QED) is 0.785. The maximum Gasteiger partial charge on any atom is 0.264 e. The van der Waals surface area contributed by atoms with Crippen LogP contribution in [0.2, 0.25) is 10.0 Å². The van der Waals surface area contributed by atoms with Crippen molar-refractivity contribution in [3.05, 3.63) is 57.8 Å². The predicted molar refractivity (Wildman–Crippen MR) is 86.3 cm³/mol. The van der Waals surface area contributed by atoms with Gasteiger partial charge in [-0.3, -0.25) is 8.93 Å². The monoisotopic (exact) mass is 396 g/mol. The van der Waals surface area contributed by atoms with E-state index < -0.39 is 37.6 Å². The molecule has 0 heterocycles. The van der Waals surface area contributed by atoms with Crippen LogP contribution in [0.1, 0.15) is 5.56 Å². The summed E-state index contributed by atoms with van der Waals surface area (Å²) in [5.74, 6) is -1.52. The van der Waals surface area contributed by atoms with Gasteiger partial charge in [-0.15, -0.1) is 0 Å². The standard InChI is InChI=1S/C13H10Cl2FNO4S2/c14-9-5-4-8(7-22(18)19)11(6-9)17-23(20,21)12-3-1-2-10(15)13(12)16/h1-6,17H,7H2,(H,18,19)/p-1. The van der Waals surface area contributed by atoms with Crippen LogP contribution < -0.4 is 4.72 Å². The molecule has 1 atom stereocenters. The molecular weight excluding hydrogens is 388 g/mol. The Kier molecular flexibility index (Phi) is 5.64. The Morgan fingerprint density at radius 2 is 1.91 bits per heavy atom. The smallest absolute Gasteiger partial charge is 0.264 e. The van der Waals surface area contributed by atoms with Crippen LogP contribution in [-0.4, -0.2) is 17.2 Å². The van der Waals surface area contributed by atoms with Crippen molar-refractivity contribution in [1.82, 2.24) is 0 Å². The van der Waals surface area contributed by atoms with Gasteiger partial charge in [0.2, 0.25) is 0 Å². The van der Waals surface area contributed by atoms with Gasteiger partial charge in [-0.25, -0.2) is 12.8 Å². The molecule has 2 rings (SSSR count). The average Bonchev–Trinajstić information content (AvgIpc) is 2.44. The Balaban J connectivity index is 2.47. The van der Waals surface area contributed by atoms with Crippen molar-refractivity contribution in [1.29, 1.82) is 0 Å². The van der Waals surface area contributed by atoms with Gasteiger partial charge in [0.25, 0.3) is 10.0 Å². The SMILES string of the molecule is O=S([O-])Cc1ccc(Cl)cc1NS(=O)(=O)c1cccc(Cl)c1F. The van der Waals surface area contributed by atoms with Gasteiger partial charge < -0.3 is 4.55 Å². The molecule has 0 bridgehead atoms. The molecule has 0 saturated heterocycles. The van der Waals surface area contributed by atoms with Crippen molar-refractivity contribution < 1.29 is 21.6 Å². The first-order chi connectivity index (χ1) is 10.7. The largest absolute Gasteiger partial charge is 0.772 e. The lowest BCUT2D eigenvalue weighted by Gasteiger charge is -2.14. The summed E-state index contributed by atoms with van der Waals surface area (Å²) in [7, 11) is -4.31. The maximum atomic E-state index is 13.9. The fraction of sp³-hybridized carbons (Fsp3) is 0.0769. The first-order valence-corrected chi connectivity index (χ1v) is 9.50. The molecule has 23 heavy (non-hydrogen) atoms. The Bertz CT molecular complexity index is 874. The molecule has 2 aromatic carbocycles. The number of hydrogen-bond donors (Lipinski definition) is 1. The van der Waals surface area contributed by atoms with Gasteiger partial charge in [0.05, 0.1) is 10.7 Å². The molecule has 0 aliphatic carbocycles. The van der Waals surface area contributed by atoms with Crippen molar-refractivity contribution in [3.63, 3.8) is 0 Å². The van der Waals surface area contributed by atoms with E-state index in [4.69, 9.17) is 23.2 Å². The Morgan fingerprint density at radius 3 is 2.57 bits per heavy atom. The van der Waals surface area contributed by atoms with E-state index in [0.29, 0.717) is 0 Å². The lowest BCUT2D eigenvalue weighted by molar-refractivity contribution is 0.536. The summed E-state index contributed by atoms with van der Waals surface area (Å²) < 4.78 is 62.4. The number of benzene rings is 2.